The van der Waals surface area contributed by atoms with Gasteiger partial charge in [0.1, 0.15) is 0 Å². The van der Waals surface area contributed by atoms with Crippen LogP contribution in [0, 0.1) is 0 Å². The second kappa shape index (κ2) is 6.31. The van der Waals surface area contributed by atoms with Gasteiger partial charge in [-0.15, -0.1) is 0 Å². The molecule has 0 amide bonds. The zero-order valence-electron chi connectivity index (χ0n) is 11.1. The number of hydrogen-bond donors (Lipinski definition) is 1. The Bertz CT molecular complexity index is 462. The predicted octanol–water partition coefficient (Wildman–Crippen LogP) is 3.49. The molecule has 1 N–H and O–H groups in total. The number of pyridine rings is 1. The third-order valence-electron chi connectivity index (χ3n) is 3.18. The molecule has 18 heavy (non-hydrogen) atoms. The molecule has 2 rings (SSSR count). The first-order valence-corrected chi connectivity index (χ1v) is 6.51. The van der Waals surface area contributed by atoms with E-state index in [2.05, 4.69) is 54.5 Å². The van der Waals surface area contributed by atoms with Crippen LogP contribution in [0.1, 0.15) is 36.7 Å². The number of rotatable bonds is 5. The van der Waals surface area contributed by atoms with Crippen molar-refractivity contribution in [1.82, 2.24) is 10.3 Å². The van der Waals surface area contributed by atoms with Crippen molar-refractivity contribution < 1.29 is 0 Å². The van der Waals surface area contributed by atoms with Gasteiger partial charge in [-0.05, 0) is 36.6 Å². The Hall–Kier alpha value is -1.67. The molecule has 0 spiro atoms. The molecule has 0 saturated carbocycles. The Morgan fingerprint density at radius 1 is 1.06 bits per heavy atom. The number of benzene rings is 1. The Labute approximate surface area is 109 Å². The molecule has 0 bridgehead atoms. The minimum Gasteiger partial charge on any atom is -0.305 e. The van der Waals surface area contributed by atoms with E-state index >= 15 is 0 Å². The van der Waals surface area contributed by atoms with E-state index in [1.807, 2.05) is 18.3 Å². The summed E-state index contributed by atoms with van der Waals surface area (Å²) in [6.45, 7) is 5.20. The molecule has 1 aromatic heterocycles. The molecule has 0 aliphatic rings. The molecular weight excluding hydrogens is 220 g/mol. The summed E-state index contributed by atoms with van der Waals surface area (Å²) >= 11 is 0. The summed E-state index contributed by atoms with van der Waals surface area (Å²) < 4.78 is 0. The van der Waals surface area contributed by atoms with Gasteiger partial charge in [0.15, 0.2) is 0 Å². The van der Waals surface area contributed by atoms with Crippen molar-refractivity contribution in [3.8, 4) is 0 Å². The molecule has 94 valence electrons. The summed E-state index contributed by atoms with van der Waals surface area (Å²) in [5, 5.41) is 3.49. The van der Waals surface area contributed by atoms with Crippen LogP contribution in [0.3, 0.4) is 0 Å². The zero-order valence-corrected chi connectivity index (χ0v) is 11.1. The first kappa shape index (κ1) is 12.8. The van der Waals surface area contributed by atoms with Gasteiger partial charge in [0.05, 0.1) is 5.69 Å². The van der Waals surface area contributed by atoms with E-state index in [4.69, 9.17) is 0 Å². The van der Waals surface area contributed by atoms with E-state index in [0.717, 1.165) is 18.7 Å². The smallest absolute Gasteiger partial charge is 0.0570 e. The summed E-state index contributed by atoms with van der Waals surface area (Å²) in [6.07, 6.45) is 2.93. The molecule has 2 heteroatoms. The van der Waals surface area contributed by atoms with Crippen molar-refractivity contribution in [3.05, 3.63) is 65.5 Å². The molecule has 0 radical (unpaired) electrons. The van der Waals surface area contributed by atoms with Crippen LogP contribution in [0.15, 0.2) is 48.7 Å². The first-order chi connectivity index (χ1) is 8.79. The molecular formula is C16H20N2. The highest BCUT2D eigenvalue weighted by Gasteiger charge is 2.04. The average molecular weight is 240 g/mol. The number of hydrogen-bond acceptors (Lipinski definition) is 2. The number of aromatic nitrogens is 1. The van der Waals surface area contributed by atoms with Crippen LogP contribution in [0.4, 0.5) is 0 Å². The average Bonchev–Trinajstić information content (AvgIpc) is 2.46. The maximum Gasteiger partial charge on any atom is 0.0570 e. The molecule has 1 heterocycles. The van der Waals surface area contributed by atoms with Crippen LogP contribution in [0.25, 0.3) is 0 Å². The fourth-order valence-electron chi connectivity index (χ4n) is 1.90. The summed E-state index contributed by atoms with van der Waals surface area (Å²) in [5.41, 5.74) is 3.79. The normalized spacial score (nSPS) is 12.3. The Morgan fingerprint density at radius 3 is 2.39 bits per heavy atom. The fraction of sp³-hybridized carbons (Fsp3) is 0.312. The van der Waals surface area contributed by atoms with Crippen LogP contribution < -0.4 is 5.32 Å². The molecule has 1 unspecified atom stereocenters. The van der Waals surface area contributed by atoms with Crippen molar-refractivity contribution in [2.24, 2.45) is 0 Å². The molecule has 0 fully saturated rings. The quantitative estimate of drug-likeness (QED) is 0.865. The van der Waals surface area contributed by atoms with Gasteiger partial charge in [-0.25, -0.2) is 0 Å². The highest BCUT2D eigenvalue weighted by atomic mass is 14.9. The van der Waals surface area contributed by atoms with Crippen molar-refractivity contribution in [2.75, 3.05) is 0 Å². The third kappa shape index (κ3) is 3.41. The summed E-state index contributed by atoms with van der Waals surface area (Å²) in [5.74, 6) is 0. The molecule has 1 aromatic carbocycles. The summed E-state index contributed by atoms with van der Waals surface area (Å²) in [7, 11) is 0. The van der Waals surface area contributed by atoms with Crippen LogP contribution in [-0.2, 0) is 13.0 Å². The van der Waals surface area contributed by atoms with E-state index in [9.17, 15) is 0 Å². The van der Waals surface area contributed by atoms with E-state index in [-0.39, 0.29) is 6.04 Å². The largest absolute Gasteiger partial charge is 0.305 e. The Morgan fingerprint density at radius 2 is 1.78 bits per heavy atom. The van der Waals surface area contributed by atoms with Gasteiger partial charge in [-0.1, -0.05) is 37.3 Å². The van der Waals surface area contributed by atoms with Gasteiger partial charge < -0.3 is 5.32 Å². The lowest BCUT2D eigenvalue weighted by Gasteiger charge is -2.13. The third-order valence-corrected chi connectivity index (χ3v) is 3.18. The molecule has 2 aromatic rings. The molecule has 0 aliphatic carbocycles. The van der Waals surface area contributed by atoms with Gasteiger partial charge in [0.25, 0.3) is 0 Å². The topological polar surface area (TPSA) is 24.9 Å². The lowest BCUT2D eigenvalue weighted by atomic mass is 10.1. The number of nitrogens with one attached hydrogen (secondary N) is 1. The molecule has 1 atom stereocenters. The van der Waals surface area contributed by atoms with Gasteiger partial charge in [0.2, 0.25) is 0 Å². The van der Waals surface area contributed by atoms with E-state index in [1.54, 1.807) is 0 Å². The van der Waals surface area contributed by atoms with Gasteiger partial charge in [-0.2, -0.15) is 0 Å². The summed E-state index contributed by atoms with van der Waals surface area (Å²) in [4.78, 5) is 4.36. The van der Waals surface area contributed by atoms with E-state index in [0.29, 0.717) is 0 Å². The van der Waals surface area contributed by atoms with Crippen LogP contribution in [0.2, 0.25) is 0 Å². The minimum absolute atomic E-state index is 0.275. The van der Waals surface area contributed by atoms with Crippen LogP contribution >= 0.6 is 0 Å². The zero-order chi connectivity index (χ0) is 12.8. The fourth-order valence-corrected chi connectivity index (χ4v) is 1.90. The predicted molar refractivity (Wildman–Crippen MR) is 75.3 cm³/mol. The standard InChI is InChI=1S/C16H20N2/c1-3-14-7-9-15(10-8-14)12-18-13(2)16-6-4-5-11-17-16/h4-11,13,18H,3,12H2,1-2H3. The van der Waals surface area contributed by atoms with Crippen molar-refractivity contribution >= 4 is 0 Å². The highest BCUT2D eigenvalue weighted by Crippen LogP contribution is 2.10. The van der Waals surface area contributed by atoms with Crippen LogP contribution in [0.5, 0.6) is 0 Å². The number of aryl methyl sites for hydroxylation is 1. The lowest BCUT2D eigenvalue weighted by molar-refractivity contribution is 0.561. The van der Waals surface area contributed by atoms with Crippen molar-refractivity contribution in [1.29, 1.82) is 0 Å². The highest BCUT2D eigenvalue weighted by molar-refractivity contribution is 5.22. The Kier molecular flexibility index (Phi) is 4.48. The molecule has 2 nitrogen and oxygen atoms in total. The first-order valence-electron chi connectivity index (χ1n) is 6.51. The minimum atomic E-state index is 0.275. The van der Waals surface area contributed by atoms with Gasteiger partial charge in [-0.3, -0.25) is 4.98 Å². The van der Waals surface area contributed by atoms with Crippen LogP contribution in [-0.4, -0.2) is 4.98 Å². The number of nitrogens with zero attached hydrogens (tertiary/aromatic N) is 1. The second-order valence-electron chi connectivity index (χ2n) is 4.53. The maximum absolute atomic E-state index is 4.36. The van der Waals surface area contributed by atoms with E-state index < -0.39 is 0 Å². The Balaban J connectivity index is 1.91. The molecule has 0 saturated heterocycles. The van der Waals surface area contributed by atoms with E-state index in [1.165, 1.54) is 11.1 Å². The van der Waals surface area contributed by atoms with Gasteiger partial charge >= 0.3 is 0 Å². The lowest BCUT2D eigenvalue weighted by Crippen LogP contribution is -2.18. The van der Waals surface area contributed by atoms with Crippen molar-refractivity contribution in [3.63, 3.8) is 0 Å². The monoisotopic (exact) mass is 240 g/mol. The van der Waals surface area contributed by atoms with Gasteiger partial charge in [0, 0.05) is 18.8 Å². The second-order valence-corrected chi connectivity index (χ2v) is 4.53. The maximum atomic E-state index is 4.36. The molecule has 0 aliphatic heterocycles. The SMILES string of the molecule is CCc1ccc(CNC(C)c2ccccn2)cc1. The van der Waals surface area contributed by atoms with Crippen molar-refractivity contribution in [2.45, 2.75) is 32.9 Å². The summed E-state index contributed by atoms with van der Waals surface area (Å²) in [6, 6.07) is 15.1.